The van der Waals surface area contributed by atoms with Crippen LogP contribution < -0.4 is 5.32 Å². The Morgan fingerprint density at radius 1 is 1.14 bits per heavy atom. The molecule has 1 heterocycles. The zero-order valence-corrected chi connectivity index (χ0v) is 9.57. The van der Waals surface area contributed by atoms with Crippen molar-refractivity contribution in [3.05, 3.63) is 28.8 Å². The van der Waals surface area contributed by atoms with E-state index in [9.17, 15) is 0 Å². The largest absolute Gasteiger partial charge is 0.384 e. The van der Waals surface area contributed by atoms with Gasteiger partial charge in [0.1, 0.15) is 0 Å². The Morgan fingerprint density at radius 3 is 2.50 bits per heavy atom. The Labute approximate surface area is 86.5 Å². The average molecular weight is 189 g/mol. The second-order valence-corrected chi connectivity index (χ2v) is 5.25. The average Bonchev–Trinajstić information content (AvgIpc) is 2.10. The molecule has 0 bridgehead atoms. The summed E-state index contributed by atoms with van der Waals surface area (Å²) in [6.07, 6.45) is 1.20. The summed E-state index contributed by atoms with van der Waals surface area (Å²) in [7, 11) is 0. The van der Waals surface area contributed by atoms with Gasteiger partial charge in [-0.3, -0.25) is 0 Å². The van der Waals surface area contributed by atoms with Crippen molar-refractivity contribution >= 4 is 5.69 Å². The van der Waals surface area contributed by atoms with Gasteiger partial charge in [0, 0.05) is 12.2 Å². The SMILES string of the molecule is Cc1ccc(C)c2c1CC(C)(C)CN2. The van der Waals surface area contributed by atoms with E-state index in [4.69, 9.17) is 0 Å². The van der Waals surface area contributed by atoms with Gasteiger partial charge in [0.15, 0.2) is 0 Å². The number of hydrogen-bond acceptors (Lipinski definition) is 1. The molecule has 0 spiro atoms. The Balaban J connectivity index is 2.51. The molecule has 0 saturated carbocycles. The fourth-order valence-corrected chi connectivity index (χ4v) is 2.21. The lowest BCUT2D eigenvalue weighted by Gasteiger charge is -2.34. The van der Waals surface area contributed by atoms with E-state index >= 15 is 0 Å². The number of hydrogen-bond donors (Lipinski definition) is 1. The summed E-state index contributed by atoms with van der Waals surface area (Å²) in [5.41, 5.74) is 6.09. The zero-order valence-electron chi connectivity index (χ0n) is 9.57. The van der Waals surface area contributed by atoms with E-state index in [0.717, 1.165) is 6.54 Å². The summed E-state index contributed by atoms with van der Waals surface area (Å²) < 4.78 is 0. The molecule has 0 saturated heterocycles. The van der Waals surface area contributed by atoms with Crippen molar-refractivity contribution in [2.45, 2.75) is 34.1 Å². The fourth-order valence-electron chi connectivity index (χ4n) is 2.21. The van der Waals surface area contributed by atoms with E-state index in [1.54, 1.807) is 0 Å². The molecule has 1 aliphatic rings. The summed E-state index contributed by atoms with van der Waals surface area (Å²) in [4.78, 5) is 0. The minimum absolute atomic E-state index is 0.394. The van der Waals surface area contributed by atoms with Crippen LogP contribution in [0.3, 0.4) is 0 Å². The quantitative estimate of drug-likeness (QED) is 0.660. The van der Waals surface area contributed by atoms with Gasteiger partial charge in [0.2, 0.25) is 0 Å². The van der Waals surface area contributed by atoms with Gasteiger partial charge in [0.05, 0.1) is 0 Å². The minimum atomic E-state index is 0.394. The van der Waals surface area contributed by atoms with Crippen molar-refractivity contribution in [1.82, 2.24) is 0 Å². The first kappa shape index (κ1) is 9.57. The minimum Gasteiger partial charge on any atom is -0.384 e. The predicted molar refractivity (Wildman–Crippen MR) is 61.9 cm³/mol. The van der Waals surface area contributed by atoms with Crippen LogP contribution in [0.1, 0.15) is 30.5 Å². The third kappa shape index (κ3) is 1.52. The van der Waals surface area contributed by atoms with Crippen LogP contribution >= 0.6 is 0 Å². The third-order valence-electron chi connectivity index (χ3n) is 3.15. The number of anilines is 1. The van der Waals surface area contributed by atoms with Gasteiger partial charge in [-0.15, -0.1) is 0 Å². The topological polar surface area (TPSA) is 12.0 Å². The van der Waals surface area contributed by atoms with Crippen molar-refractivity contribution in [3.8, 4) is 0 Å². The first-order valence-electron chi connectivity index (χ1n) is 5.32. The number of fused-ring (bicyclic) bond motifs is 1. The normalized spacial score (nSPS) is 18.6. The van der Waals surface area contributed by atoms with Gasteiger partial charge < -0.3 is 5.32 Å². The Kier molecular flexibility index (Phi) is 2.06. The van der Waals surface area contributed by atoms with E-state index in [1.807, 2.05) is 0 Å². The molecular weight excluding hydrogens is 170 g/mol. The number of aryl methyl sites for hydroxylation is 2. The molecule has 0 fully saturated rings. The molecule has 1 N–H and O–H groups in total. The van der Waals surface area contributed by atoms with E-state index in [-0.39, 0.29) is 0 Å². The Bertz CT molecular complexity index is 364. The molecule has 1 aromatic rings. The highest BCUT2D eigenvalue weighted by Crippen LogP contribution is 2.35. The van der Waals surface area contributed by atoms with Crippen molar-refractivity contribution < 1.29 is 0 Å². The lowest BCUT2D eigenvalue weighted by molar-refractivity contribution is 0.378. The molecule has 0 unspecified atom stereocenters. The van der Waals surface area contributed by atoms with Crippen LogP contribution in [-0.2, 0) is 6.42 Å². The Hall–Kier alpha value is -0.980. The van der Waals surface area contributed by atoms with Crippen LogP contribution in [-0.4, -0.2) is 6.54 Å². The highest BCUT2D eigenvalue weighted by Gasteiger charge is 2.26. The molecule has 76 valence electrons. The van der Waals surface area contributed by atoms with Crippen molar-refractivity contribution in [2.75, 3.05) is 11.9 Å². The third-order valence-corrected chi connectivity index (χ3v) is 3.15. The lowest BCUT2D eigenvalue weighted by atomic mass is 9.80. The predicted octanol–water partition coefficient (Wildman–Crippen LogP) is 3.30. The standard InChI is InChI=1S/C13H19N/c1-9-5-6-10(2)12-11(9)7-13(3,4)8-14-12/h5-6,14H,7-8H2,1-4H3. The molecule has 1 nitrogen and oxygen atoms in total. The van der Waals surface area contributed by atoms with Gasteiger partial charge in [-0.05, 0) is 42.4 Å². The maximum absolute atomic E-state index is 3.56. The smallest absolute Gasteiger partial charge is 0.0405 e. The van der Waals surface area contributed by atoms with Crippen molar-refractivity contribution in [3.63, 3.8) is 0 Å². The highest BCUT2D eigenvalue weighted by atomic mass is 14.9. The van der Waals surface area contributed by atoms with Gasteiger partial charge in [-0.1, -0.05) is 26.0 Å². The first-order valence-corrected chi connectivity index (χ1v) is 5.32. The number of nitrogens with one attached hydrogen (secondary N) is 1. The summed E-state index contributed by atoms with van der Waals surface area (Å²) in [5, 5.41) is 3.56. The van der Waals surface area contributed by atoms with Gasteiger partial charge in [-0.25, -0.2) is 0 Å². The van der Waals surface area contributed by atoms with E-state index in [1.165, 1.54) is 28.8 Å². The Morgan fingerprint density at radius 2 is 1.79 bits per heavy atom. The molecule has 1 aromatic carbocycles. The van der Waals surface area contributed by atoms with E-state index in [0.29, 0.717) is 5.41 Å². The van der Waals surface area contributed by atoms with Crippen LogP contribution in [0.25, 0.3) is 0 Å². The van der Waals surface area contributed by atoms with Crippen molar-refractivity contribution in [1.29, 1.82) is 0 Å². The van der Waals surface area contributed by atoms with Crippen LogP contribution in [0.4, 0.5) is 5.69 Å². The molecule has 0 aromatic heterocycles. The monoisotopic (exact) mass is 189 g/mol. The molecule has 2 rings (SSSR count). The van der Waals surface area contributed by atoms with E-state index < -0.39 is 0 Å². The first-order chi connectivity index (χ1) is 6.49. The maximum atomic E-state index is 3.56. The van der Waals surface area contributed by atoms with E-state index in [2.05, 4.69) is 45.1 Å². The molecule has 0 radical (unpaired) electrons. The second-order valence-electron chi connectivity index (χ2n) is 5.25. The van der Waals surface area contributed by atoms with Crippen LogP contribution in [0.5, 0.6) is 0 Å². The molecule has 1 heteroatoms. The molecule has 0 atom stereocenters. The van der Waals surface area contributed by atoms with Gasteiger partial charge in [-0.2, -0.15) is 0 Å². The zero-order chi connectivity index (χ0) is 10.3. The summed E-state index contributed by atoms with van der Waals surface area (Å²) in [6.45, 7) is 10.1. The summed E-state index contributed by atoms with van der Waals surface area (Å²) >= 11 is 0. The fraction of sp³-hybridized carbons (Fsp3) is 0.538. The molecule has 0 amide bonds. The van der Waals surface area contributed by atoms with Crippen LogP contribution in [0, 0.1) is 19.3 Å². The molecule has 0 aliphatic carbocycles. The van der Waals surface area contributed by atoms with Crippen molar-refractivity contribution in [2.24, 2.45) is 5.41 Å². The van der Waals surface area contributed by atoms with Gasteiger partial charge in [0.25, 0.3) is 0 Å². The lowest BCUT2D eigenvalue weighted by Crippen LogP contribution is -2.31. The molecule has 14 heavy (non-hydrogen) atoms. The maximum Gasteiger partial charge on any atom is 0.0405 e. The van der Waals surface area contributed by atoms with Crippen LogP contribution in [0.2, 0.25) is 0 Å². The highest BCUT2D eigenvalue weighted by molar-refractivity contribution is 5.62. The molecular formula is C13H19N. The van der Waals surface area contributed by atoms with Gasteiger partial charge >= 0.3 is 0 Å². The molecule has 1 aliphatic heterocycles. The number of rotatable bonds is 0. The van der Waals surface area contributed by atoms with Crippen LogP contribution in [0.15, 0.2) is 12.1 Å². The summed E-state index contributed by atoms with van der Waals surface area (Å²) in [6, 6.07) is 4.44. The number of benzene rings is 1. The second kappa shape index (κ2) is 3.01. The summed E-state index contributed by atoms with van der Waals surface area (Å²) in [5.74, 6) is 0.